The lowest BCUT2D eigenvalue weighted by atomic mass is 10.1. The summed E-state index contributed by atoms with van der Waals surface area (Å²) in [7, 11) is 0. The largest absolute Gasteiger partial charge is 0.292 e. The van der Waals surface area contributed by atoms with E-state index in [-0.39, 0.29) is 0 Å². The second-order valence-corrected chi connectivity index (χ2v) is 3.68. The number of fused-ring (bicyclic) bond motifs is 1. The molecule has 0 heterocycles. The first-order valence-corrected chi connectivity index (χ1v) is 4.94. The fourth-order valence-corrected chi connectivity index (χ4v) is 1.98. The maximum atomic E-state index is 8.53. The number of halogens is 1. The molecule has 0 spiro atoms. The summed E-state index contributed by atoms with van der Waals surface area (Å²) in [4.78, 5) is 0. The molecule has 0 amide bonds. The van der Waals surface area contributed by atoms with Crippen LogP contribution in [0, 0.1) is 11.5 Å². The van der Waals surface area contributed by atoms with Gasteiger partial charge in [0, 0.05) is 4.47 Å². The minimum absolute atomic E-state index is 0.797. The Morgan fingerprint density at radius 2 is 1.93 bits per heavy atom. The Labute approximate surface area is 90.3 Å². The van der Waals surface area contributed by atoms with E-state index in [2.05, 4.69) is 21.2 Å². The molecule has 14 heavy (non-hydrogen) atoms. The van der Waals surface area contributed by atoms with Crippen molar-refractivity contribution in [3.63, 3.8) is 0 Å². The first-order chi connectivity index (χ1) is 6.83. The van der Waals surface area contributed by atoms with Gasteiger partial charge in [-0.05, 0) is 32.8 Å². The third kappa shape index (κ3) is 1.45. The quantitative estimate of drug-likeness (QED) is 0.618. The van der Waals surface area contributed by atoms with Crippen LogP contribution < -0.4 is 5.32 Å². The Kier molecular flexibility index (Phi) is 2.38. The van der Waals surface area contributed by atoms with Gasteiger partial charge in [0.05, 0.1) is 5.69 Å². The van der Waals surface area contributed by atoms with Crippen molar-refractivity contribution in [2.24, 2.45) is 0 Å². The predicted molar refractivity (Wildman–Crippen MR) is 60.9 cm³/mol. The molecular formula is C11H7BrN2. The maximum absolute atomic E-state index is 8.53. The number of benzene rings is 2. The number of hydrogen-bond acceptors (Lipinski definition) is 2. The van der Waals surface area contributed by atoms with Gasteiger partial charge in [0.25, 0.3) is 0 Å². The van der Waals surface area contributed by atoms with Gasteiger partial charge in [0.15, 0.2) is 6.19 Å². The molecule has 0 aliphatic carbocycles. The Morgan fingerprint density at radius 1 is 1.14 bits per heavy atom. The second kappa shape index (κ2) is 3.69. The molecule has 0 aliphatic heterocycles. The number of hydrogen-bond donors (Lipinski definition) is 1. The van der Waals surface area contributed by atoms with Crippen LogP contribution >= 0.6 is 15.9 Å². The molecule has 0 radical (unpaired) electrons. The van der Waals surface area contributed by atoms with E-state index in [0.29, 0.717) is 0 Å². The highest BCUT2D eigenvalue weighted by Crippen LogP contribution is 2.30. The van der Waals surface area contributed by atoms with Gasteiger partial charge in [0.1, 0.15) is 0 Å². The van der Waals surface area contributed by atoms with Crippen molar-refractivity contribution in [1.82, 2.24) is 0 Å². The van der Waals surface area contributed by atoms with E-state index in [1.807, 2.05) is 42.6 Å². The SMILES string of the molecule is N#CNc1ccc2ccccc2c1Br. The maximum Gasteiger partial charge on any atom is 0.181 e. The molecule has 0 aliphatic rings. The van der Waals surface area contributed by atoms with E-state index in [1.54, 1.807) is 0 Å². The number of rotatable bonds is 1. The van der Waals surface area contributed by atoms with E-state index in [4.69, 9.17) is 5.26 Å². The summed E-state index contributed by atoms with van der Waals surface area (Å²) in [6, 6.07) is 11.9. The molecule has 0 saturated heterocycles. The average molecular weight is 247 g/mol. The van der Waals surface area contributed by atoms with Crippen molar-refractivity contribution in [1.29, 1.82) is 5.26 Å². The second-order valence-electron chi connectivity index (χ2n) is 2.89. The summed E-state index contributed by atoms with van der Waals surface area (Å²) in [6.07, 6.45) is 1.91. The Hall–Kier alpha value is -1.53. The third-order valence-electron chi connectivity index (χ3n) is 2.05. The summed E-state index contributed by atoms with van der Waals surface area (Å²) in [6.45, 7) is 0. The summed E-state index contributed by atoms with van der Waals surface area (Å²) < 4.78 is 0.928. The molecule has 2 nitrogen and oxygen atoms in total. The van der Waals surface area contributed by atoms with Crippen LogP contribution in [0.1, 0.15) is 0 Å². The van der Waals surface area contributed by atoms with Crippen LogP contribution in [0.2, 0.25) is 0 Å². The van der Waals surface area contributed by atoms with Crippen molar-refractivity contribution < 1.29 is 0 Å². The molecule has 0 atom stereocenters. The number of nitrogens with zero attached hydrogens (tertiary/aromatic N) is 1. The minimum Gasteiger partial charge on any atom is -0.292 e. The molecule has 0 saturated carbocycles. The third-order valence-corrected chi connectivity index (χ3v) is 2.91. The summed E-state index contributed by atoms with van der Waals surface area (Å²) >= 11 is 3.47. The van der Waals surface area contributed by atoms with E-state index in [9.17, 15) is 0 Å². The molecule has 1 N–H and O–H groups in total. The Morgan fingerprint density at radius 3 is 2.71 bits per heavy atom. The van der Waals surface area contributed by atoms with Crippen LogP contribution in [0.3, 0.4) is 0 Å². The van der Waals surface area contributed by atoms with Crippen LogP contribution in [-0.2, 0) is 0 Å². The zero-order valence-corrected chi connectivity index (χ0v) is 8.88. The van der Waals surface area contributed by atoms with Crippen molar-refractivity contribution in [3.05, 3.63) is 40.9 Å². The van der Waals surface area contributed by atoms with Gasteiger partial charge in [-0.3, -0.25) is 5.32 Å². The van der Waals surface area contributed by atoms with Gasteiger partial charge >= 0.3 is 0 Å². The van der Waals surface area contributed by atoms with Gasteiger partial charge in [-0.2, -0.15) is 5.26 Å². The topological polar surface area (TPSA) is 35.8 Å². The van der Waals surface area contributed by atoms with Crippen LogP contribution in [0.4, 0.5) is 5.69 Å². The van der Waals surface area contributed by atoms with Gasteiger partial charge in [0.2, 0.25) is 0 Å². The summed E-state index contributed by atoms with van der Waals surface area (Å²) in [5.74, 6) is 0. The van der Waals surface area contributed by atoms with Crippen molar-refractivity contribution in [3.8, 4) is 6.19 Å². The molecule has 2 aromatic carbocycles. The van der Waals surface area contributed by atoms with Crippen LogP contribution in [0.5, 0.6) is 0 Å². The van der Waals surface area contributed by atoms with Gasteiger partial charge in [-0.1, -0.05) is 30.3 Å². The van der Waals surface area contributed by atoms with Crippen LogP contribution in [0.15, 0.2) is 40.9 Å². The van der Waals surface area contributed by atoms with Crippen molar-refractivity contribution in [2.45, 2.75) is 0 Å². The number of anilines is 1. The highest BCUT2D eigenvalue weighted by molar-refractivity contribution is 9.10. The van der Waals surface area contributed by atoms with Crippen molar-refractivity contribution >= 4 is 32.4 Å². The number of nitriles is 1. The van der Waals surface area contributed by atoms with Crippen LogP contribution in [-0.4, -0.2) is 0 Å². The smallest absolute Gasteiger partial charge is 0.181 e. The fourth-order valence-electron chi connectivity index (χ4n) is 1.39. The molecule has 0 unspecified atom stereocenters. The Bertz CT molecular complexity index is 514. The average Bonchev–Trinajstić information content (AvgIpc) is 2.23. The van der Waals surface area contributed by atoms with E-state index in [0.717, 1.165) is 20.9 Å². The molecule has 3 heteroatoms. The first-order valence-electron chi connectivity index (χ1n) is 4.15. The van der Waals surface area contributed by atoms with Crippen LogP contribution in [0.25, 0.3) is 10.8 Å². The zero-order valence-electron chi connectivity index (χ0n) is 7.29. The monoisotopic (exact) mass is 246 g/mol. The minimum atomic E-state index is 0.797. The standard InChI is InChI=1S/C11H7BrN2/c12-11-9-4-2-1-3-8(9)5-6-10(11)14-7-13/h1-6,14H. The fraction of sp³-hybridized carbons (Fsp3) is 0. The van der Waals surface area contributed by atoms with E-state index in [1.165, 1.54) is 0 Å². The molecule has 68 valence electrons. The molecule has 0 fully saturated rings. The van der Waals surface area contributed by atoms with Gasteiger partial charge < -0.3 is 0 Å². The summed E-state index contributed by atoms with van der Waals surface area (Å²) in [5.41, 5.74) is 0.797. The molecule has 0 bridgehead atoms. The predicted octanol–water partition coefficient (Wildman–Crippen LogP) is 3.50. The zero-order chi connectivity index (χ0) is 9.97. The normalized spacial score (nSPS) is 9.71. The molecule has 2 aromatic rings. The summed E-state index contributed by atoms with van der Waals surface area (Å²) in [5, 5.41) is 13.4. The first kappa shape index (κ1) is 9.04. The molecule has 0 aromatic heterocycles. The Balaban J connectivity index is 2.70. The lowest BCUT2D eigenvalue weighted by Gasteiger charge is -2.05. The molecule has 2 rings (SSSR count). The highest BCUT2D eigenvalue weighted by atomic mass is 79.9. The van der Waals surface area contributed by atoms with Crippen molar-refractivity contribution in [2.75, 3.05) is 5.32 Å². The molecular weight excluding hydrogens is 240 g/mol. The van der Waals surface area contributed by atoms with Gasteiger partial charge in [-0.25, -0.2) is 0 Å². The highest BCUT2D eigenvalue weighted by Gasteiger charge is 2.02. The van der Waals surface area contributed by atoms with E-state index >= 15 is 0 Å². The lowest BCUT2D eigenvalue weighted by Crippen LogP contribution is -1.88. The van der Waals surface area contributed by atoms with E-state index < -0.39 is 0 Å². The number of nitrogens with one attached hydrogen (secondary N) is 1. The van der Waals surface area contributed by atoms with Gasteiger partial charge in [-0.15, -0.1) is 0 Å². The lowest BCUT2D eigenvalue weighted by molar-refractivity contribution is 1.47.